The fourth-order valence-electron chi connectivity index (χ4n) is 3.00. The Kier molecular flexibility index (Phi) is 4.69. The summed E-state index contributed by atoms with van der Waals surface area (Å²) < 4.78 is 0. The number of fused-ring (bicyclic) bond motifs is 1. The molecule has 2 aromatic heterocycles. The predicted octanol–water partition coefficient (Wildman–Crippen LogP) is 5.35. The highest BCUT2D eigenvalue weighted by atomic mass is 35.5. The van der Waals surface area contributed by atoms with Crippen LogP contribution < -0.4 is 5.32 Å². The van der Waals surface area contributed by atoms with Gasteiger partial charge in [0.05, 0.1) is 17.9 Å². The van der Waals surface area contributed by atoms with Gasteiger partial charge in [0.1, 0.15) is 4.99 Å². The van der Waals surface area contributed by atoms with Gasteiger partial charge in [-0.15, -0.1) is 0 Å². The minimum absolute atomic E-state index is 0.573. The summed E-state index contributed by atoms with van der Waals surface area (Å²) in [6, 6.07) is 21.9. The summed E-state index contributed by atoms with van der Waals surface area (Å²) in [6.07, 6.45) is 1.78. The number of rotatable bonds is 4. The Morgan fingerprint density at radius 1 is 1.04 bits per heavy atom. The SMILES string of the molecule is S=C(NCc1ccccn1)c1[nH]c2ccc(Cl)cc2c1-c1ccccc1. The van der Waals surface area contributed by atoms with Crippen molar-refractivity contribution >= 4 is 39.7 Å². The fraction of sp³-hybridized carbons (Fsp3) is 0.0476. The van der Waals surface area contributed by atoms with Crippen LogP contribution in [0, 0.1) is 0 Å². The van der Waals surface area contributed by atoms with Crippen LogP contribution in [-0.2, 0) is 6.54 Å². The number of benzene rings is 2. The average molecular weight is 378 g/mol. The van der Waals surface area contributed by atoms with Crippen LogP contribution in [0.25, 0.3) is 22.0 Å². The van der Waals surface area contributed by atoms with E-state index in [1.807, 2.05) is 54.6 Å². The number of nitrogens with one attached hydrogen (secondary N) is 2. The molecule has 5 heteroatoms. The van der Waals surface area contributed by atoms with Crippen molar-refractivity contribution in [1.82, 2.24) is 15.3 Å². The van der Waals surface area contributed by atoms with E-state index in [1.165, 1.54) is 0 Å². The lowest BCUT2D eigenvalue weighted by molar-refractivity contribution is 0.882. The number of H-pyrrole nitrogens is 1. The molecule has 0 spiro atoms. The summed E-state index contributed by atoms with van der Waals surface area (Å²) in [6.45, 7) is 0.573. The molecule has 4 rings (SSSR count). The molecule has 0 amide bonds. The second-order valence-electron chi connectivity index (χ2n) is 5.93. The second kappa shape index (κ2) is 7.28. The van der Waals surface area contributed by atoms with Crippen molar-refractivity contribution in [2.24, 2.45) is 0 Å². The number of aromatic nitrogens is 2. The number of pyridine rings is 1. The van der Waals surface area contributed by atoms with Crippen molar-refractivity contribution in [3.05, 3.63) is 89.3 Å². The molecular weight excluding hydrogens is 362 g/mol. The van der Waals surface area contributed by atoms with Crippen LogP contribution >= 0.6 is 23.8 Å². The lowest BCUT2D eigenvalue weighted by Crippen LogP contribution is -2.23. The fourth-order valence-corrected chi connectivity index (χ4v) is 3.40. The first-order valence-corrected chi connectivity index (χ1v) is 9.06. The van der Waals surface area contributed by atoms with E-state index in [-0.39, 0.29) is 0 Å². The molecule has 26 heavy (non-hydrogen) atoms. The van der Waals surface area contributed by atoms with E-state index in [2.05, 4.69) is 27.4 Å². The molecule has 0 atom stereocenters. The molecule has 2 heterocycles. The van der Waals surface area contributed by atoms with Crippen molar-refractivity contribution in [2.45, 2.75) is 6.54 Å². The minimum atomic E-state index is 0.573. The molecule has 0 aliphatic heterocycles. The first kappa shape index (κ1) is 16.8. The third kappa shape index (κ3) is 3.34. The van der Waals surface area contributed by atoms with Crippen LogP contribution in [0.5, 0.6) is 0 Å². The van der Waals surface area contributed by atoms with Crippen LogP contribution in [0.3, 0.4) is 0 Å². The zero-order valence-corrected chi connectivity index (χ0v) is 15.4. The van der Waals surface area contributed by atoms with Gasteiger partial charge in [-0.25, -0.2) is 0 Å². The third-order valence-electron chi connectivity index (χ3n) is 4.21. The number of hydrogen-bond acceptors (Lipinski definition) is 2. The summed E-state index contributed by atoms with van der Waals surface area (Å²) in [7, 11) is 0. The molecule has 3 nitrogen and oxygen atoms in total. The first-order chi connectivity index (χ1) is 12.7. The standard InChI is InChI=1S/C21H16ClN3S/c22-15-9-10-18-17(12-15)19(14-6-2-1-3-7-14)20(25-18)21(26)24-13-16-8-4-5-11-23-16/h1-12,25H,13H2,(H,24,26). The predicted molar refractivity (Wildman–Crippen MR) is 112 cm³/mol. The second-order valence-corrected chi connectivity index (χ2v) is 6.78. The topological polar surface area (TPSA) is 40.7 Å². The lowest BCUT2D eigenvalue weighted by atomic mass is 10.0. The molecule has 0 unspecified atom stereocenters. The quantitative estimate of drug-likeness (QED) is 0.471. The maximum absolute atomic E-state index is 6.24. The maximum Gasteiger partial charge on any atom is 0.124 e. The molecule has 2 aromatic carbocycles. The van der Waals surface area contributed by atoms with E-state index >= 15 is 0 Å². The summed E-state index contributed by atoms with van der Waals surface area (Å²) in [5.41, 5.74) is 4.99. The lowest BCUT2D eigenvalue weighted by Gasteiger charge is -2.09. The van der Waals surface area contributed by atoms with Gasteiger partial charge in [0.2, 0.25) is 0 Å². The molecule has 0 fully saturated rings. The smallest absolute Gasteiger partial charge is 0.124 e. The van der Waals surface area contributed by atoms with Crippen LogP contribution in [-0.4, -0.2) is 15.0 Å². The van der Waals surface area contributed by atoms with Gasteiger partial charge >= 0.3 is 0 Å². The molecule has 2 N–H and O–H groups in total. The summed E-state index contributed by atoms with van der Waals surface area (Å²) in [5.74, 6) is 0. The number of aromatic amines is 1. The van der Waals surface area contributed by atoms with Crippen molar-refractivity contribution in [2.75, 3.05) is 0 Å². The van der Waals surface area contributed by atoms with Crippen molar-refractivity contribution in [3.8, 4) is 11.1 Å². The Balaban J connectivity index is 1.75. The van der Waals surface area contributed by atoms with E-state index in [9.17, 15) is 0 Å². The van der Waals surface area contributed by atoms with E-state index < -0.39 is 0 Å². The largest absolute Gasteiger partial charge is 0.369 e. The summed E-state index contributed by atoms with van der Waals surface area (Å²) in [4.78, 5) is 8.43. The van der Waals surface area contributed by atoms with Crippen LogP contribution in [0.2, 0.25) is 5.02 Å². The monoisotopic (exact) mass is 377 g/mol. The van der Waals surface area contributed by atoms with Gasteiger partial charge in [0.25, 0.3) is 0 Å². The highest BCUT2D eigenvalue weighted by Gasteiger charge is 2.17. The average Bonchev–Trinajstić information content (AvgIpc) is 3.06. The van der Waals surface area contributed by atoms with Gasteiger partial charge < -0.3 is 10.3 Å². The molecule has 0 radical (unpaired) electrons. The third-order valence-corrected chi connectivity index (χ3v) is 4.79. The van der Waals surface area contributed by atoms with Crippen LogP contribution in [0.15, 0.2) is 72.9 Å². The zero-order valence-electron chi connectivity index (χ0n) is 13.9. The Labute approximate surface area is 162 Å². The zero-order chi connectivity index (χ0) is 17.9. The van der Waals surface area contributed by atoms with Gasteiger partial charge in [0.15, 0.2) is 0 Å². The van der Waals surface area contributed by atoms with Crippen molar-refractivity contribution in [3.63, 3.8) is 0 Å². The van der Waals surface area contributed by atoms with Gasteiger partial charge in [-0.05, 0) is 35.9 Å². The van der Waals surface area contributed by atoms with Crippen LogP contribution in [0.4, 0.5) is 0 Å². The van der Waals surface area contributed by atoms with E-state index in [4.69, 9.17) is 23.8 Å². The normalized spacial score (nSPS) is 10.8. The number of thiocarbonyl (C=S) groups is 1. The molecule has 128 valence electrons. The van der Waals surface area contributed by atoms with Gasteiger partial charge in [-0.1, -0.05) is 60.2 Å². The molecule has 0 saturated heterocycles. The van der Waals surface area contributed by atoms with Gasteiger partial charge in [0, 0.05) is 27.7 Å². The number of hydrogen-bond donors (Lipinski definition) is 2. The molecule has 0 bridgehead atoms. The van der Waals surface area contributed by atoms with E-state index in [0.29, 0.717) is 16.6 Å². The minimum Gasteiger partial charge on any atom is -0.369 e. The summed E-state index contributed by atoms with van der Waals surface area (Å²) in [5, 5.41) is 5.06. The van der Waals surface area contributed by atoms with Crippen molar-refractivity contribution < 1.29 is 0 Å². The molecular formula is C21H16ClN3S. The van der Waals surface area contributed by atoms with Gasteiger partial charge in [-0.3, -0.25) is 4.98 Å². The Hall–Kier alpha value is -2.69. The first-order valence-electron chi connectivity index (χ1n) is 8.27. The number of nitrogens with zero attached hydrogens (tertiary/aromatic N) is 1. The van der Waals surface area contributed by atoms with Crippen LogP contribution in [0.1, 0.15) is 11.4 Å². The van der Waals surface area contributed by atoms with E-state index in [0.717, 1.165) is 33.4 Å². The maximum atomic E-state index is 6.24. The Bertz CT molecular complexity index is 1060. The van der Waals surface area contributed by atoms with Gasteiger partial charge in [-0.2, -0.15) is 0 Å². The highest BCUT2D eigenvalue weighted by molar-refractivity contribution is 7.80. The number of halogens is 1. The Morgan fingerprint density at radius 2 is 1.85 bits per heavy atom. The van der Waals surface area contributed by atoms with Crippen molar-refractivity contribution in [1.29, 1.82) is 0 Å². The molecule has 0 aliphatic rings. The van der Waals surface area contributed by atoms with E-state index in [1.54, 1.807) is 6.20 Å². The molecule has 0 saturated carbocycles. The highest BCUT2D eigenvalue weighted by Crippen LogP contribution is 2.34. The molecule has 4 aromatic rings. The Morgan fingerprint density at radius 3 is 2.62 bits per heavy atom. The summed E-state index contributed by atoms with van der Waals surface area (Å²) >= 11 is 11.9. The molecule has 0 aliphatic carbocycles.